The molecule has 4 rings (SSSR count). The van der Waals surface area contributed by atoms with Gasteiger partial charge in [0.05, 0.1) is 16.8 Å². The van der Waals surface area contributed by atoms with Crippen molar-refractivity contribution in [3.05, 3.63) is 56.7 Å². The molecule has 0 saturated carbocycles. The van der Waals surface area contributed by atoms with Crippen LogP contribution in [0.15, 0.2) is 23.0 Å². The van der Waals surface area contributed by atoms with Crippen LogP contribution in [-0.4, -0.2) is 34.6 Å². The van der Waals surface area contributed by atoms with Gasteiger partial charge in [0.2, 0.25) is 0 Å². The van der Waals surface area contributed by atoms with Gasteiger partial charge in [-0.2, -0.15) is 9.78 Å². The number of nitrogens with zero attached hydrogens (tertiary/aromatic N) is 5. The number of hydrogen-bond donors (Lipinski definition) is 2. The van der Waals surface area contributed by atoms with E-state index < -0.39 is 18.1 Å². The van der Waals surface area contributed by atoms with Gasteiger partial charge in [0.1, 0.15) is 12.3 Å². The SMILES string of the molecule is CCn1c(CO)nn(-c2cc3c(C(C)C)cc(-c4c(Cl)n[nH]c4C)nc3cc2F)c1=O. The number of benzene rings is 1. The Balaban J connectivity index is 2.00. The van der Waals surface area contributed by atoms with Gasteiger partial charge >= 0.3 is 5.69 Å². The predicted octanol–water partition coefficient (Wildman–Crippen LogP) is 3.71. The molecule has 3 heterocycles. The summed E-state index contributed by atoms with van der Waals surface area (Å²) in [6, 6.07) is 4.78. The molecular formula is C21H22ClFN6O2. The first-order valence-electron chi connectivity index (χ1n) is 9.91. The van der Waals surface area contributed by atoms with Crippen LogP contribution in [0.1, 0.15) is 43.8 Å². The number of aliphatic hydroxyl groups is 1. The van der Waals surface area contributed by atoms with Gasteiger partial charge in [-0.25, -0.2) is 14.2 Å². The molecule has 0 bridgehead atoms. The van der Waals surface area contributed by atoms with Gasteiger partial charge in [-0.1, -0.05) is 25.4 Å². The van der Waals surface area contributed by atoms with E-state index in [1.54, 1.807) is 13.0 Å². The molecular weight excluding hydrogens is 423 g/mol. The summed E-state index contributed by atoms with van der Waals surface area (Å²) in [6.45, 7) is 7.54. The number of aliphatic hydroxyl groups excluding tert-OH is 1. The normalized spacial score (nSPS) is 11.7. The highest BCUT2D eigenvalue weighted by atomic mass is 35.5. The molecule has 0 amide bonds. The lowest BCUT2D eigenvalue weighted by atomic mass is 9.96. The summed E-state index contributed by atoms with van der Waals surface area (Å²) in [6.07, 6.45) is 0. The Hall–Kier alpha value is -3.04. The summed E-state index contributed by atoms with van der Waals surface area (Å²) < 4.78 is 17.4. The average Bonchev–Trinajstić information content (AvgIpc) is 3.24. The van der Waals surface area contributed by atoms with E-state index in [1.165, 1.54) is 10.6 Å². The summed E-state index contributed by atoms with van der Waals surface area (Å²) in [5.74, 6) is -0.379. The average molecular weight is 445 g/mol. The van der Waals surface area contributed by atoms with Crippen LogP contribution in [0.5, 0.6) is 0 Å². The van der Waals surface area contributed by atoms with E-state index >= 15 is 4.39 Å². The van der Waals surface area contributed by atoms with E-state index in [9.17, 15) is 9.90 Å². The number of aryl methyl sites for hydroxylation is 1. The van der Waals surface area contributed by atoms with E-state index in [1.807, 2.05) is 26.8 Å². The lowest BCUT2D eigenvalue weighted by molar-refractivity contribution is 0.264. The van der Waals surface area contributed by atoms with Crippen molar-refractivity contribution < 1.29 is 9.50 Å². The highest BCUT2D eigenvalue weighted by Gasteiger charge is 2.20. The first-order chi connectivity index (χ1) is 14.8. The number of halogens is 2. The zero-order valence-corrected chi connectivity index (χ0v) is 18.3. The molecule has 0 atom stereocenters. The van der Waals surface area contributed by atoms with Gasteiger partial charge in [-0.05, 0) is 37.5 Å². The Morgan fingerprint density at radius 1 is 1.29 bits per heavy atom. The second kappa shape index (κ2) is 7.90. The summed E-state index contributed by atoms with van der Waals surface area (Å²) in [4.78, 5) is 17.3. The molecule has 0 aliphatic rings. The van der Waals surface area contributed by atoms with Crippen LogP contribution in [0, 0.1) is 12.7 Å². The van der Waals surface area contributed by atoms with Crippen molar-refractivity contribution in [2.75, 3.05) is 0 Å². The van der Waals surface area contributed by atoms with Crippen LogP contribution in [0.2, 0.25) is 5.15 Å². The molecule has 162 valence electrons. The zero-order chi connectivity index (χ0) is 22.4. The fraction of sp³-hybridized carbons (Fsp3) is 0.333. The van der Waals surface area contributed by atoms with Crippen molar-refractivity contribution >= 4 is 22.5 Å². The van der Waals surface area contributed by atoms with E-state index in [-0.39, 0.29) is 17.4 Å². The number of fused-ring (bicyclic) bond motifs is 1. The Morgan fingerprint density at radius 2 is 2.03 bits per heavy atom. The van der Waals surface area contributed by atoms with Crippen molar-refractivity contribution in [1.29, 1.82) is 0 Å². The molecule has 0 unspecified atom stereocenters. The molecule has 0 aliphatic carbocycles. The molecule has 8 nitrogen and oxygen atoms in total. The maximum absolute atomic E-state index is 15.1. The van der Waals surface area contributed by atoms with Crippen LogP contribution in [0.4, 0.5) is 4.39 Å². The molecule has 0 aliphatic heterocycles. The molecule has 0 spiro atoms. The van der Waals surface area contributed by atoms with Crippen molar-refractivity contribution in [3.63, 3.8) is 0 Å². The van der Waals surface area contributed by atoms with E-state index in [0.29, 0.717) is 33.9 Å². The number of rotatable bonds is 5. The second-order valence-electron chi connectivity index (χ2n) is 7.60. The zero-order valence-electron chi connectivity index (χ0n) is 17.6. The van der Waals surface area contributed by atoms with Crippen molar-refractivity contribution in [2.24, 2.45) is 0 Å². The number of pyridine rings is 1. The lowest BCUT2D eigenvalue weighted by Crippen LogP contribution is -2.24. The van der Waals surface area contributed by atoms with Crippen LogP contribution in [0.25, 0.3) is 27.8 Å². The smallest absolute Gasteiger partial charge is 0.350 e. The van der Waals surface area contributed by atoms with Crippen LogP contribution < -0.4 is 5.69 Å². The molecule has 4 aromatic rings. The molecule has 0 radical (unpaired) electrons. The third kappa shape index (κ3) is 3.43. The number of nitrogens with one attached hydrogen (secondary N) is 1. The molecule has 2 N–H and O–H groups in total. The van der Waals surface area contributed by atoms with Crippen molar-refractivity contribution in [1.82, 2.24) is 29.5 Å². The molecule has 1 aromatic carbocycles. The third-order valence-electron chi connectivity index (χ3n) is 5.32. The maximum Gasteiger partial charge on any atom is 0.350 e. The Morgan fingerprint density at radius 3 is 2.58 bits per heavy atom. The fourth-order valence-electron chi connectivity index (χ4n) is 3.76. The standard InChI is InChI=1S/C21H22ClFN6O2/c1-5-28-18(9-30)27-29(21(28)31)17-7-13-12(10(2)3)6-16(24-15(13)8-14(17)23)19-11(4)25-26-20(19)22/h6-8,10,30H,5,9H2,1-4H3,(H,25,26). The quantitative estimate of drug-likeness (QED) is 0.488. The second-order valence-corrected chi connectivity index (χ2v) is 7.96. The Bertz CT molecular complexity index is 1330. The first-order valence-corrected chi connectivity index (χ1v) is 10.3. The predicted molar refractivity (Wildman–Crippen MR) is 116 cm³/mol. The maximum atomic E-state index is 15.1. The monoisotopic (exact) mass is 444 g/mol. The molecule has 31 heavy (non-hydrogen) atoms. The minimum Gasteiger partial charge on any atom is -0.388 e. The fourth-order valence-corrected chi connectivity index (χ4v) is 4.04. The molecule has 0 fully saturated rings. The Kier molecular flexibility index (Phi) is 5.40. The summed E-state index contributed by atoms with van der Waals surface area (Å²) >= 11 is 6.24. The van der Waals surface area contributed by atoms with Gasteiger partial charge in [0.15, 0.2) is 16.8 Å². The van der Waals surface area contributed by atoms with Crippen LogP contribution in [0.3, 0.4) is 0 Å². The lowest BCUT2D eigenvalue weighted by Gasteiger charge is -2.14. The number of H-pyrrole nitrogens is 1. The minimum absolute atomic E-state index is 0.00775. The van der Waals surface area contributed by atoms with Gasteiger partial charge in [0.25, 0.3) is 0 Å². The number of aromatic nitrogens is 6. The molecule has 3 aromatic heterocycles. The first kappa shape index (κ1) is 21.2. The largest absolute Gasteiger partial charge is 0.388 e. The minimum atomic E-state index is -0.644. The van der Waals surface area contributed by atoms with Gasteiger partial charge in [-0.15, -0.1) is 5.10 Å². The highest BCUT2D eigenvalue weighted by Crippen LogP contribution is 2.34. The van der Waals surface area contributed by atoms with E-state index in [0.717, 1.165) is 15.9 Å². The molecule has 0 saturated heterocycles. The van der Waals surface area contributed by atoms with E-state index in [2.05, 4.69) is 20.3 Å². The summed E-state index contributed by atoms with van der Waals surface area (Å²) in [5.41, 5.74) is 2.87. The highest BCUT2D eigenvalue weighted by molar-refractivity contribution is 6.32. The van der Waals surface area contributed by atoms with Crippen LogP contribution in [-0.2, 0) is 13.2 Å². The topological polar surface area (TPSA) is 102 Å². The number of aromatic amines is 1. The summed E-state index contributed by atoms with van der Waals surface area (Å²) in [7, 11) is 0. The number of hydrogen-bond acceptors (Lipinski definition) is 5. The van der Waals surface area contributed by atoms with Gasteiger partial charge in [0, 0.05) is 23.7 Å². The summed E-state index contributed by atoms with van der Waals surface area (Å²) in [5, 5.41) is 21.5. The van der Waals surface area contributed by atoms with Crippen LogP contribution >= 0.6 is 11.6 Å². The molecule has 10 heteroatoms. The van der Waals surface area contributed by atoms with E-state index in [4.69, 9.17) is 11.6 Å². The van der Waals surface area contributed by atoms with Gasteiger partial charge in [-0.3, -0.25) is 9.67 Å². The van der Waals surface area contributed by atoms with Crippen molar-refractivity contribution in [2.45, 2.75) is 46.8 Å². The third-order valence-corrected chi connectivity index (χ3v) is 5.59. The van der Waals surface area contributed by atoms with Gasteiger partial charge < -0.3 is 5.11 Å². The Labute approximate surface area is 182 Å². The van der Waals surface area contributed by atoms with Crippen molar-refractivity contribution in [3.8, 4) is 16.9 Å².